The minimum atomic E-state index is 0.465. The highest BCUT2D eigenvalue weighted by molar-refractivity contribution is 5.58. The molecule has 1 heterocycles. The van der Waals surface area contributed by atoms with Gasteiger partial charge in [-0.2, -0.15) is 0 Å². The van der Waals surface area contributed by atoms with Gasteiger partial charge in [0.25, 0.3) is 0 Å². The second kappa shape index (κ2) is 5.13. The van der Waals surface area contributed by atoms with E-state index in [1.54, 1.807) is 0 Å². The number of hydrogen-bond donors (Lipinski definition) is 1. The lowest BCUT2D eigenvalue weighted by atomic mass is 10.3. The number of rotatable bonds is 2. The van der Waals surface area contributed by atoms with Crippen LogP contribution in [0.3, 0.4) is 0 Å². The van der Waals surface area contributed by atoms with Gasteiger partial charge in [-0.05, 0) is 13.6 Å². The fourth-order valence-electron chi connectivity index (χ4n) is 0.843. The number of nitrogens with two attached hydrogens (primary N) is 1. The summed E-state index contributed by atoms with van der Waals surface area (Å²) in [5, 5.41) is 3.94. The van der Waals surface area contributed by atoms with E-state index < -0.39 is 0 Å². The number of aromatic nitrogens is 2. The second-order valence-electron chi connectivity index (χ2n) is 2.12. The minimum Gasteiger partial charge on any atom is -0.382 e. The molecule has 2 N–H and O–H groups in total. The van der Waals surface area contributed by atoms with Crippen molar-refractivity contribution in [3.05, 3.63) is 12.1 Å². The van der Waals surface area contributed by atoms with Gasteiger partial charge >= 0.3 is 0 Å². The van der Waals surface area contributed by atoms with Gasteiger partial charge in [0, 0.05) is 11.8 Å². The van der Waals surface area contributed by atoms with E-state index in [4.69, 9.17) is 5.73 Å². The summed E-state index contributed by atoms with van der Waals surface area (Å²) < 4.78 is 1.50. The Morgan fingerprint density at radius 3 is 2.38 bits per heavy atom. The normalized spacial score (nSPS) is 8.54. The summed E-state index contributed by atoms with van der Waals surface area (Å²) in [5.74, 6) is 1.12. The molecular weight excluding hydrogens is 164 g/mol. The highest BCUT2D eigenvalue weighted by Crippen LogP contribution is 2.22. The molecule has 72 valence electrons. The topological polar surface area (TPSA) is 56.2 Å². The van der Waals surface area contributed by atoms with Gasteiger partial charge in [-0.25, -0.2) is 9.67 Å². The third-order valence-corrected chi connectivity index (χ3v) is 1.47. The Morgan fingerprint density at radius 1 is 1.54 bits per heavy atom. The molecule has 4 heteroatoms. The lowest BCUT2D eigenvalue weighted by molar-refractivity contribution is 0.941. The van der Waals surface area contributed by atoms with Crippen LogP contribution in [0, 0.1) is 6.92 Å². The van der Waals surface area contributed by atoms with Crippen molar-refractivity contribution in [1.29, 1.82) is 0 Å². The molecule has 1 rings (SSSR count). The Hall–Kier alpha value is -1.58. The SMILES string of the molecule is C=Cn1nc(N)c(C)c1N=C.CC. The molecule has 0 aromatic carbocycles. The zero-order chi connectivity index (χ0) is 10.4. The Morgan fingerprint density at radius 2 is 2.08 bits per heavy atom. The smallest absolute Gasteiger partial charge is 0.159 e. The van der Waals surface area contributed by atoms with Crippen molar-refractivity contribution >= 4 is 24.6 Å². The molecule has 0 radical (unpaired) electrons. The van der Waals surface area contributed by atoms with E-state index in [0.29, 0.717) is 11.6 Å². The number of hydrogen-bond acceptors (Lipinski definition) is 3. The van der Waals surface area contributed by atoms with Crippen LogP contribution in [0.4, 0.5) is 11.6 Å². The summed E-state index contributed by atoms with van der Waals surface area (Å²) in [6.45, 7) is 12.8. The van der Waals surface area contributed by atoms with Crippen molar-refractivity contribution in [2.75, 3.05) is 5.73 Å². The molecule has 0 saturated carbocycles. The van der Waals surface area contributed by atoms with Crippen LogP contribution >= 0.6 is 0 Å². The largest absolute Gasteiger partial charge is 0.382 e. The first-order chi connectivity index (χ1) is 6.20. The van der Waals surface area contributed by atoms with E-state index in [1.807, 2.05) is 20.8 Å². The number of aliphatic imine (C=N–C) groups is 1. The van der Waals surface area contributed by atoms with Crippen molar-refractivity contribution in [3.8, 4) is 0 Å². The quantitative estimate of drug-likeness (QED) is 0.709. The van der Waals surface area contributed by atoms with Gasteiger partial charge in [-0.3, -0.25) is 0 Å². The number of anilines is 1. The zero-order valence-electron chi connectivity index (χ0n) is 8.41. The van der Waals surface area contributed by atoms with Crippen molar-refractivity contribution in [1.82, 2.24) is 9.78 Å². The molecule has 0 fully saturated rings. The summed E-state index contributed by atoms with van der Waals surface area (Å²) in [5.41, 5.74) is 6.36. The van der Waals surface area contributed by atoms with Gasteiger partial charge in [0.15, 0.2) is 11.6 Å². The average Bonchev–Trinajstić information content (AvgIpc) is 2.46. The zero-order valence-corrected chi connectivity index (χ0v) is 8.41. The first-order valence-corrected chi connectivity index (χ1v) is 4.14. The molecule has 1 aromatic rings. The molecule has 4 nitrogen and oxygen atoms in total. The fourth-order valence-corrected chi connectivity index (χ4v) is 0.843. The lowest BCUT2D eigenvalue weighted by Gasteiger charge is -1.92. The highest BCUT2D eigenvalue weighted by atomic mass is 15.3. The van der Waals surface area contributed by atoms with Crippen LogP contribution in [-0.4, -0.2) is 16.5 Å². The second-order valence-corrected chi connectivity index (χ2v) is 2.12. The molecule has 0 atom stereocenters. The van der Waals surface area contributed by atoms with Crippen LogP contribution in [0.5, 0.6) is 0 Å². The Labute approximate surface area is 78.8 Å². The minimum absolute atomic E-state index is 0.465. The summed E-state index contributed by atoms with van der Waals surface area (Å²) in [6.07, 6.45) is 1.54. The molecule has 0 bridgehead atoms. The summed E-state index contributed by atoms with van der Waals surface area (Å²) >= 11 is 0. The van der Waals surface area contributed by atoms with Crippen molar-refractivity contribution in [2.24, 2.45) is 4.99 Å². The molecule has 13 heavy (non-hydrogen) atoms. The van der Waals surface area contributed by atoms with Crippen LogP contribution in [0.25, 0.3) is 6.20 Å². The van der Waals surface area contributed by atoms with Gasteiger partial charge in [0.1, 0.15) is 0 Å². The van der Waals surface area contributed by atoms with E-state index >= 15 is 0 Å². The third kappa shape index (κ3) is 2.18. The monoisotopic (exact) mass is 180 g/mol. The van der Waals surface area contributed by atoms with E-state index in [-0.39, 0.29) is 0 Å². The third-order valence-electron chi connectivity index (χ3n) is 1.47. The summed E-state index contributed by atoms with van der Waals surface area (Å²) in [4.78, 5) is 3.76. The van der Waals surface area contributed by atoms with E-state index in [9.17, 15) is 0 Å². The lowest BCUT2D eigenvalue weighted by Crippen LogP contribution is -1.89. The molecule has 1 aromatic heterocycles. The van der Waals surface area contributed by atoms with Gasteiger partial charge in [-0.1, -0.05) is 20.4 Å². The van der Waals surface area contributed by atoms with Gasteiger partial charge < -0.3 is 5.73 Å². The van der Waals surface area contributed by atoms with E-state index in [0.717, 1.165) is 5.56 Å². The molecule has 0 aliphatic heterocycles. The molecule has 0 unspecified atom stereocenters. The summed E-state index contributed by atoms with van der Waals surface area (Å²) in [6, 6.07) is 0. The average molecular weight is 180 g/mol. The Bertz CT molecular complexity index is 299. The van der Waals surface area contributed by atoms with E-state index in [2.05, 4.69) is 23.4 Å². The standard InChI is InChI=1S/C7H10N4.C2H6/c1-4-11-7(9-3)5(2)6(8)10-11;1-2/h4H,1,3H2,2H3,(H2,8,10);1-2H3. The van der Waals surface area contributed by atoms with Gasteiger partial charge in [0.05, 0.1) is 0 Å². The maximum atomic E-state index is 5.53. The van der Waals surface area contributed by atoms with Crippen LogP contribution in [0.1, 0.15) is 19.4 Å². The van der Waals surface area contributed by atoms with Gasteiger partial charge in [0.2, 0.25) is 0 Å². The van der Waals surface area contributed by atoms with Crippen molar-refractivity contribution in [2.45, 2.75) is 20.8 Å². The van der Waals surface area contributed by atoms with Gasteiger partial charge in [-0.15, -0.1) is 5.10 Å². The first kappa shape index (κ1) is 11.4. The fraction of sp³-hybridized carbons (Fsp3) is 0.333. The molecule has 0 aliphatic rings. The molecule has 0 spiro atoms. The Balaban J connectivity index is 0.000000671. The number of nitrogen functional groups attached to an aromatic ring is 1. The molecule has 0 aliphatic carbocycles. The predicted molar refractivity (Wildman–Crippen MR) is 58.3 cm³/mol. The van der Waals surface area contributed by atoms with Crippen LogP contribution in [0.2, 0.25) is 0 Å². The van der Waals surface area contributed by atoms with Crippen LogP contribution in [0.15, 0.2) is 11.6 Å². The van der Waals surface area contributed by atoms with Crippen LogP contribution in [-0.2, 0) is 0 Å². The molecular formula is C9H16N4. The maximum absolute atomic E-state index is 5.53. The maximum Gasteiger partial charge on any atom is 0.159 e. The predicted octanol–water partition coefficient (Wildman–Crippen LogP) is 2.23. The van der Waals surface area contributed by atoms with E-state index in [1.165, 1.54) is 10.9 Å². The van der Waals surface area contributed by atoms with Crippen molar-refractivity contribution in [3.63, 3.8) is 0 Å². The Kier molecular flexibility index (Phi) is 4.51. The summed E-state index contributed by atoms with van der Waals surface area (Å²) in [7, 11) is 0. The number of nitrogens with zero attached hydrogens (tertiary/aromatic N) is 3. The first-order valence-electron chi connectivity index (χ1n) is 4.14. The highest BCUT2D eigenvalue weighted by Gasteiger charge is 2.07. The molecule has 0 saturated heterocycles. The molecule has 0 amide bonds. The van der Waals surface area contributed by atoms with Crippen molar-refractivity contribution < 1.29 is 0 Å². The van der Waals surface area contributed by atoms with Crippen LogP contribution < -0.4 is 5.73 Å².